The lowest BCUT2D eigenvalue weighted by Gasteiger charge is -2.12. The van der Waals surface area contributed by atoms with E-state index < -0.39 is 0 Å². The highest BCUT2D eigenvalue weighted by Gasteiger charge is 2.14. The van der Waals surface area contributed by atoms with Crippen molar-refractivity contribution in [3.63, 3.8) is 0 Å². The highest BCUT2D eigenvalue weighted by Crippen LogP contribution is 2.23. The number of furan rings is 1. The summed E-state index contributed by atoms with van der Waals surface area (Å²) in [6.45, 7) is 3.83. The maximum absolute atomic E-state index is 12.6. The van der Waals surface area contributed by atoms with Crippen LogP contribution in [0.5, 0.6) is 0 Å². The molecule has 0 fully saturated rings. The first-order valence-corrected chi connectivity index (χ1v) is 10.4. The molecule has 0 spiro atoms. The summed E-state index contributed by atoms with van der Waals surface area (Å²) in [4.78, 5) is 24.9. The van der Waals surface area contributed by atoms with E-state index in [-0.39, 0.29) is 22.7 Å². The van der Waals surface area contributed by atoms with E-state index >= 15 is 0 Å². The molecule has 1 heterocycles. The van der Waals surface area contributed by atoms with E-state index in [1.807, 2.05) is 56.3 Å². The minimum atomic E-state index is -0.328. The average Bonchev–Trinajstić information content (AvgIpc) is 3.20. The van der Waals surface area contributed by atoms with Gasteiger partial charge in [0.1, 0.15) is 5.58 Å². The molecule has 160 valence electrons. The van der Waals surface area contributed by atoms with Crippen molar-refractivity contribution in [3.05, 3.63) is 95.2 Å². The number of nitrogens with one attached hydrogen (secondary N) is 3. The number of hydrogen-bond acceptors (Lipinski definition) is 4. The standard InChI is InChI=1S/C25H21N3O3S/c1-15-7-9-17(10-8-15)23(29)28-25(32)26-19-11-12-20(16(2)13-19)27-24(30)22-14-18-5-3-4-6-21(18)31-22/h3-14H,1-2H3,(H,27,30)(H2,26,28,29,32). The van der Waals surface area contributed by atoms with Gasteiger partial charge in [-0.05, 0) is 74.1 Å². The summed E-state index contributed by atoms with van der Waals surface area (Å²) in [7, 11) is 0. The zero-order valence-electron chi connectivity index (χ0n) is 17.6. The topological polar surface area (TPSA) is 83.4 Å². The fraction of sp³-hybridized carbons (Fsp3) is 0.0800. The molecule has 3 N–H and O–H groups in total. The number of carbonyl (C=O) groups excluding carboxylic acids is 2. The van der Waals surface area contributed by atoms with Gasteiger partial charge in [0.25, 0.3) is 11.8 Å². The summed E-state index contributed by atoms with van der Waals surface area (Å²) in [5.74, 6) is -0.368. The van der Waals surface area contributed by atoms with Crippen molar-refractivity contribution >= 4 is 51.5 Å². The molecule has 2 amide bonds. The molecule has 0 unspecified atom stereocenters. The average molecular weight is 444 g/mol. The molecule has 1 aromatic heterocycles. The second-order valence-corrected chi connectivity index (χ2v) is 7.81. The smallest absolute Gasteiger partial charge is 0.291 e. The molecule has 0 aliphatic carbocycles. The van der Waals surface area contributed by atoms with Crippen molar-refractivity contribution < 1.29 is 14.0 Å². The minimum Gasteiger partial charge on any atom is -0.451 e. The molecule has 7 heteroatoms. The first-order valence-electron chi connectivity index (χ1n) is 9.98. The van der Waals surface area contributed by atoms with Gasteiger partial charge >= 0.3 is 0 Å². The summed E-state index contributed by atoms with van der Waals surface area (Å²) in [6, 6.07) is 21.8. The molecule has 4 aromatic rings. The number of fused-ring (bicyclic) bond motifs is 1. The van der Waals surface area contributed by atoms with Gasteiger partial charge in [-0.15, -0.1) is 0 Å². The number of thiocarbonyl (C=S) groups is 1. The lowest BCUT2D eigenvalue weighted by molar-refractivity contribution is 0.0975. The van der Waals surface area contributed by atoms with Gasteiger partial charge in [0.15, 0.2) is 10.9 Å². The zero-order valence-corrected chi connectivity index (χ0v) is 18.4. The molecule has 0 radical (unpaired) electrons. The molecule has 4 rings (SSSR count). The summed E-state index contributed by atoms with van der Waals surface area (Å²) in [5, 5.41) is 9.58. The van der Waals surface area contributed by atoms with Gasteiger partial charge in [0.2, 0.25) is 0 Å². The lowest BCUT2D eigenvalue weighted by Crippen LogP contribution is -2.34. The Labute approximate surface area is 190 Å². The molecular formula is C25H21N3O3S. The summed E-state index contributed by atoms with van der Waals surface area (Å²) < 4.78 is 5.62. The third kappa shape index (κ3) is 4.84. The number of carbonyl (C=O) groups is 2. The Balaban J connectivity index is 1.39. The van der Waals surface area contributed by atoms with Gasteiger partial charge in [-0.1, -0.05) is 35.9 Å². The number of amides is 2. The molecule has 3 aromatic carbocycles. The van der Waals surface area contributed by atoms with Crippen LogP contribution in [-0.2, 0) is 0 Å². The van der Waals surface area contributed by atoms with E-state index in [9.17, 15) is 9.59 Å². The SMILES string of the molecule is Cc1ccc(C(=O)NC(=S)Nc2ccc(NC(=O)c3cc4ccccc4o3)c(C)c2)cc1. The number of anilines is 2. The third-order valence-corrected chi connectivity index (χ3v) is 5.13. The van der Waals surface area contributed by atoms with Crippen LogP contribution in [0.25, 0.3) is 11.0 Å². The van der Waals surface area contributed by atoms with Gasteiger partial charge in [-0.25, -0.2) is 0 Å². The molecule has 0 saturated carbocycles. The van der Waals surface area contributed by atoms with Crippen LogP contribution in [-0.4, -0.2) is 16.9 Å². The molecule has 0 aliphatic heterocycles. The fourth-order valence-electron chi connectivity index (χ4n) is 3.20. The summed E-state index contributed by atoms with van der Waals surface area (Å²) in [5.41, 5.74) is 4.43. The van der Waals surface area contributed by atoms with E-state index in [0.717, 1.165) is 16.5 Å². The molecule has 0 bridgehead atoms. The minimum absolute atomic E-state index is 0.189. The third-order valence-electron chi connectivity index (χ3n) is 4.92. The molecule has 0 aliphatic rings. The van der Waals surface area contributed by atoms with Gasteiger partial charge in [0.05, 0.1) is 0 Å². The van der Waals surface area contributed by atoms with E-state index in [2.05, 4.69) is 16.0 Å². The van der Waals surface area contributed by atoms with Crippen molar-refractivity contribution in [1.82, 2.24) is 5.32 Å². The monoisotopic (exact) mass is 443 g/mol. The van der Waals surface area contributed by atoms with Crippen LogP contribution in [0, 0.1) is 13.8 Å². The first-order chi connectivity index (χ1) is 15.4. The second kappa shape index (κ2) is 9.03. The predicted octanol–water partition coefficient (Wildman–Crippen LogP) is 5.43. The van der Waals surface area contributed by atoms with Crippen LogP contribution in [0.3, 0.4) is 0 Å². The largest absolute Gasteiger partial charge is 0.451 e. The number of rotatable bonds is 4. The quantitative estimate of drug-likeness (QED) is 0.367. The van der Waals surface area contributed by atoms with E-state index in [0.29, 0.717) is 22.5 Å². The molecule has 32 heavy (non-hydrogen) atoms. The molecule has 6 nitrogen and oxygen atoms in total. The summed E-state index contributed by atoms with van der Waals surface area (Å²) in [6.07, 6.45) is 0. The van der Waals surface area contributed by atoms with Crippen LogP contribution in [0.1, 0.15) is 32.0 Å². The van der Waals surface area contributed by atoms with Crippen LogP contribution in [0.4, 0.5) is 11.4 Å². The Morgan fingerprint density at radius 2 is 1.59 bits per heavy atom. The number of para-hydroxylation sites is 1. The Morgan fingerprint density at radius 3 is 2.31 bits per heavy atom. The van der Waals surface area contributed by atoms with Crippen molar-refractivity contribution in [2.24, 2.45) is 0 Å². The van der Waals surface area contributed by atoms with Crippen molar-refractivity contribution in [2.75, 3.05) is 10.6 Å². The van der Waals surface area contributed by atoms with Crippen LogP contribution in [0.2, 0.25) is 0 Å². The van der Waals surface area contributed by atoms with Crippen molar-refractivity contribution in [3.8, 4) is 0 Å². The maximum atomic E-state index is 12.6. The van der Waals surface area contributed by atoms with E-state index in [4.69, 9.17) is 16.6 Å². The zero-order chi connectivity index (χ0) is 22.7. The van der Waals surface area contributed by atoms with E-state index in [1.165, 1.54) is 0 Å². The van der Waals surface area contributed by atoms with Crippen LogP contribution < -0.4 is 16.0 Å². The second-order valence-electron chi connectivity index (χ2n) is 7.41. The predicted molar refractivity (Wildman–Crippen MR) is 130 cm³/mol. The Kier molecular flexibility index (Phi) is 6.00. The highest BCUT2D eigenvalue weighted by atomic mass is 32.1. The van der Waals surface area contributed by atoms with Gasteiger partial charge in [0, 0.05) is 22.3 Å². The Bertz CT molecular complexity index is 1290. The molecule has 0 saturated heterocycles. The van der Waals surface area contributed by atoms with Gasteiger partial charge < -0.3 is 15.1 Å². The molecule has 0 atom stereocenters. The van der Waals surface area contributed by atoms with Crippen molar-refractivity contribution in [1.29, 1.82) is 0 Å². The lowest BCUT2D eigenvalue weighted by atomic mass is 10.1. The van der Waals surface area contributed by atoms with Crippen LogP contribution >= 0.6 is 12.2 Å². The Morgan fingerprint density at radius 1 is 0.844 bits per heavy atom. The fourth-order valence-corrected chi connectivity index (χ4v) is 3.41. The maximum Gasteiger partial charge on any atom is 0.291 e. The van der Waals surface area contributed by atoms with E-state index in [1.54, 1.807) is 30.3 Å². The number of aryl methyl sites for hydroxylation is 2. The Hall–Kier alpha value is -3.97. The number of hydrogen-bond donors (Lipinski definition) is 3. The highest BCUT2D eigenvalue weighted by molar-refractivity contribution is 7.80. The summed E-state index contributed by atoms with van der Waals surface area (Å²) >= 11 is 5.25. The van der Waals surface area contributed by atoms with Crippen molar-refractivity contribution in [2.45, 2.75) is 13.8 Å². The van der Waals surface area contributed by atoms with Gasteiger partial charge in [-0.3, -0.25) is 14.9 Å². The number of benzene rings is 3. The van der Waals surface area contributed by atoms with Crippen LogP contribution in [0.15, 0.2) is 77.2 Å². The molecular weight excluding hydrogens is 422 g/mol. The van der Waals surface area contributed by atoms with Gasteiger partial charge in [-0.2, -0.15) is 0 Å². The normalized spacial score (nSPS) is 10.6. The first kappa shape index (κ1) is 21.3.